The van der Waals surface area contributed by atoms with Gasteiger partial charge in [-0.2, -0.15) is 0 Å². The highest BCUT2D eigenvalue weighted by molar-refractivity contribution is 14.0. The summed E-state index contributed by atoms with van der Waals surface area (Å²) in [5.74, 6) is 1.78. The summed E-state index contributed by atoms with van der Waals surface area (Å²) in [6, 6.07) is 8.13. The molecule has 0 bridgehead atoms. The molecular formula is C18H31IN4O2. The zero-order chi connectivity index (χ0) is 17.4. The topological polar surface area (TPSA) is 49.3 Å². The summed E-state index contributed by atoms with van der Waals surface area (Å²) in [5.41, 5.74) is 1.22. The summed E-state index contributed by atoms with van der Waals surface area (Å²) in [6.45, 7) is 7.12. The number of hydrogen-bond acceptors (Lipinski definition) is 4. The molecule has 2 rings (SSSR count). The Morgan fingerprint density at radius 3 is 2.72 bits per heavy atom. The number of halogens is 1. The average molecular weight is 462 g/mol. The lowest BCUT2D eigenvalue weighted by Crippen LogP contribution is -2.43. The molecule has 1 atom stereocenters. The number of aliphatic imine (C=N–C) groups is 1. The van der Waals surface area contributed by atoms with Crippen LogP contribution in [0, 0.1) is 0 Å². The first kappa shape index (κ1) is 22.0. The van der Waals surface area contributed by atoms with Crippen LogP contribution in [-0.4, -0.2) is 75.9 Å². The quantitative estimate of drug-likeness (QED) is 0.399. The number of nitrogens with zero attached hydrogens (tertiary/aromatic N) is 3. The molecule has 0 aromatic heterocycles. The molecule has 1 N–H and O–H groups in total. The standard InChI is InChI=1S/C18H30N4O2.HI/c1-5-19-18(20-12-17-14-21(2)10-11-24-17)22(3)13-15-6-8-16(23-4)9-7-15;/h6-9,17H,5,10-14H2,1-4H3,(H,19,20);1H. The Balaban J connectivity index is 0.00000312. The van der Waals surface area contributed by atoms with Crippen LogP contribution >= 0.6 is 24.0 Å². The maximum absolute atomic E-state index is 5.79. The van der Waals surface area contributed by atoms with Crippen LogP contribution in [0.15, 0.2) is 29.3 Å². The van der Waals surface area contributed by atoms with E-state index in [2.05, 4.69) is 48.3 Å². The number of hydrogen-bond donors (Lipinski definition) is 1. The molecule has 6 nitrogen and oxygen atoms in total. The lowest BCUT2D eigenvalue weighted by atomic mass is 10.2. The number of benzene rings is 1. The van der Waals surface area contributed by atoms with E-state index >= 15 is 0 Å². The van der Waals surface area contributed by atoms with Crippen molar-refractivity contribution >= 4 is 29.9 Å². The predicted molar refractivity (Wildman–Crippen MR) is 113 cm³/mol. The predicted octanol–water partition coefficient (Wildman–Crippen LogP) is 2.04. The Bertz CT molecular complexity index is 524. The monoisotopic (exact) mass is 462 g/mol. The van der Waals surface area contributed by atoms with Crippen LogP contribution in [0.3, 0.4) is 0 Å². The Labute approximate surface area is 168 Å². The van der Waals surface area contributed by atoms with Gasteiger partial charge in [0.05, 0.1) is 26.4 Å². The van der Waals surface area contributed by atoms with Gasteiger partial charge in [-0.1, -0.05) is 12.1 Å². The number of methoxy groups -OCH3 is 1. The molecule has 1 aliphatic rings. The second-order valence-electron chi connectivity index (χ2n) is 6.15. The number of rotatable bonds is 6. The van der Waals surface area contributed by atoms with E-state index in [1.807, 2.05) is 12.1 Å². The van der Waals surface area contributed by atoms with E-state index in [0.717, 1.165) is 44.5 Å². The molecule has 25 heavy (non-hydrogen) atoms. The van der Waals surface area contributed by atoms with Gasteiger partial charge in [-0.3, -0.25) is 4.99 Å². The van der Waals surface area contributed by atoms with Crippen molar-refractivity contribution in [2.24, 2.45) is 4.99 Å². The van der Waals surface area contributed by atoms with Crippen LogP contribution in [0.2, 0.25) is 0 Å². The second-order valence-corrected chi connectivity index (χ2v) is 6.15. The normalized spacial score (nSPS) is 18.4. The van der Waals surface area contributed by atoms with Crippen LogP contribution in [-0.2, 0) is 11.3 Å². The van der Waals surface area contributed by atoms with Crippen molar-refractivity contribution in [2.45, 2.75) is 19.6 Å². The molecule has 1 aromatic rings. The van der Waals surface area contributed by atoms with Crippen LogP contribution < -0.4 is 10.1 Å². The number of likely N-dealkylation sites (N-methyl/N-ethyl adjacent to an activating group) is 1. The fourth-order valence-corrected chi connectivity index (χ4v) is 2.71. The third kappa shape index (κ3) is 7.37. The molecular weight excluding hydrogens is 431 g/mol. The Morgan fingerprint density at radius 2 is 2.12 bits per heavy atom. The van der Waals surface area contributed by atoms with E-state index in [9.17, 15) is 0 Å². The summed E-state index contributed by atoms with van der Waals surface area (Å²) < 4.78 is 11.0. The number of morpholine rings is 1. The first-order valence-electron chi connectivity index (χ1n) is 8.55. The van der Waals surface area contributed by atoms with Crippen molar-refractivity contribution in [3.63, 3.8) is 0 Å². The molecule has 1 saturated heterocycles. The van der Waals surface area contributed by atoms with Gasteiger partial charge < -0.3 is 24.6 Å². The molecule has 7 heteroatoms. The van der Waals surface area contributed by atoms with Crippen molar-refractivity contribution in [1.29, 1.82) is 0 Å². The Hall–Kier alpha value is -1.06. The van der Waals surface area contributed by atoms with Crippen LogP contribution in [0.1, 0.15) is 12.5 Å². The molecule has 1 heterocycles. The largest absolute Gasteiger partial charge is 0.497 e. The molecule has 0 aliphatic carbocycles. The average Bonchev–Trinajstić information content (AvgIpc) is 2.59. The highest BCUT2D eigenvalue weighted by atomic mass is 127. The molecule has 1 unspecified atom stereocenters. The van der Waals surface area contributed by atoms with Crippen molar-refractivity contribution < 1.29 is 9.47 Å². The van der Waals surface area contributed by atoms with Crippen molar-refractivity contribution in [3.05, 3.63) is 29.8 Å². The van der Waals surface area contributed by atoms with Crippen molar-refractivity contribution in [2.75, 3.05) is 54.0 Å². The zero-order valence-corrected chi connectivity index (χ0v) is 18.0. The number of nitrogens with one attached hydrogen (secondary N) is 1. The summed E-state index contributed by atoms with van der Waals surface area (Å²) in [5, 5.41) is 3.36. The highest BCUT2D eigenvalue weighted by Crippen LogP contribution is 2.12. The molecule has 1 aromatic carbocycles. The number of ether oxygens (including phenoxy) is 2. The lowest BCUT2D eigenvalue weighted by Gasteiger charge is -2.29. The van der Waals surface area contributed by atoms with E-state index in [4.69, 9.17) is 14.5 Å². The minimum Gasteiger partial charge on any atom is -0.497 e. The summed E-state index contributed by atoms with van der Waals surface area (Å²) in [4.78, 5) is 9.18. The van der Waals surface area contributed by atoms with E-state index in [1.54, 1.807) is 7.11 Å². The van der Waals surface area contributed by atoms with Crippen LogP contribution in [0.25, 0.3) is 0 Å². The maximum atomic E-state index is 5.79. The molecule has 0 radical (unpaired) electrons. The molecule has 0 amide bonds. The van der Waals surface area contributed by atoms with Gasteiger partial charge >= 0.3 is 0 Å². The van der Waals surface area contributed by atoms with E-state index in [1.165, 1.54) is 5.56 Å². The van der Waals surface area contributed by atoms with E-state index in [-0.39, 0.29) is 30.1 Å². The molecule has 0 saturated carbocycles. The first-order valence-corrected chi connectivity index (χ1v) is 8.55. The molecule has 1 aliphatic heterocycles. The van der Waals surface area contributed by atoms with Gasteiger partial charge in [0.15, 0.2) is 5.96 Å². The van der Waals surface area contributed by atoms with Crippen molar-refractivity contribution in [1.82, 2.24) is 15.1 Å². The maximum Gasteiger partial charge on any atom is 0.194 e. The van der Waals surface area contributed by atoms with Gasteiger partial charge in [0.2, 0.25) is 0 Å². The van der Waals surface area contributed by atoms with Gasteiger partial charge in [0.1, 0.15) is 5.75 Å². The van der Waals surface area contributed by atoms with Gasteiger partial charge in [-0.25, -0.2) is 0 Å². The lowest BCUT2D eigenvalue weighted by molar-refractivity contribution is -0.0137. The SMILES string of the molecule is CCNC(=NCC1CN(C)CCO1)N(C)Cc1ccc(OC)cc1.I. The Kier molecular flexibility index (Phi) is 10.1. The fourth-order valence-electron chi connectivity index (χ4n) is 2.71. The van der Waals surface area contributed by atoms with Crippen molar-refractivity contribution in [3.8, 4) is 5.75 Å². The Morgan fingerprint density at radius 1 is 1.40 bits per heavy atom. The van der Waals surface area contributed by atoms with Crippen LogP contribution in [0.4, 0.5) is 0 Å². The number of guanidine groups is 1. The highest BCUT2D eigenvalue weighted by Gasteiger charge is 2.17. The third-order valence-corrected chi connectivity index (χ3v) is 4.06. The van der Waals surface area contributed by atoms with Gasteiger partial charge in [0, 0.05) is 33.2 Å². The second kappa shape index (κ2) is 11.5. The zero-order valence-electron chi connectivity index (χ0n) is 15.7. The molecule has 1 fully saturated rings. The minimum atomic E-state index is 0. The summed E-state index contributed by atoms with van der Waals surface area (Å²) in [7, 11) is 5.86. The van der Waals surface area contributed by atoms with Gasteiger partial charge in [0.25, 0.3) is 0 Å². The van der Waals surface area contributed by atoms with Crippen LogP contribution in [0.5, 0.6) is 5.75 Å². The van der Waals surface area contributed by atoms with Gasteiger partial charge in [-0.15, -0.1) is 24.0 Å². The summed E-state index contributed by atoms with van der Waals surface area (Å²) >= 11 is 0. The minimum absolute atomic E-state index is 0. The third-order valence-electron chi connectivity index (χ3n) is 4.06. The molecule has 0 spiro atoms. The fraction of sp³-hybridized carbons (Fsp3) is 0.611. The van der Waals surface area contributed by atoms with E-state index < -0.39 is 0 Å². The van der Waals surface area contributed by atoms with Gasteiger partial charge in [-0.05, 0) is 31.7 Å². The molecule has 142 valence electrons. The first-order chi connectivity index (χ1) is 11.6. The smallest absolute Gasteiger partial charge is 0.194 e. The summed E-state index contributed by atoms with van der Waals surface area (Å²) in [6.07, 6.45) is 0.173. The van der Waals surface area contributed by atoms with E-state index in [0.29, 0.717) is 6.54 Å².